The molecule has 0 radical (unpaired) electrons. The molecule has 2 amide bonds. The van der Waals surface area contributed by atoms with Crippen molar-refractivity contribution in [3.8, 4) is 0 Å². The predicted octanol–water partition coefficient (Wildman–Crippen LogP) is 3.21. The standard InChI is InChI=1S/C15H14Cl2N2O3/c1-8-6-10(9(2)22-8)15(21)19-18-14(20)7-11-12(16)4-3-5-13(11)17/h3-6H,7H2,1-2H3,(H,18,20)(H,19,21). The fraction of sp³-hybridized carbons (Fsp3) is 0.200. The lowest BCUT2D eigenvalue weighted by Gasteiger charge is -2.09. The van der Waals surface area contributed by atoms with E-state index in [0.29, 0.717) is 32.7 Å². The molecule has 0 aliphatic carbocycles. The van der Waals surface area contributed by atoms with Crippen molar-refractivity contribution in [3.05, 3.63) is 57.0 Å². The lowest BCUT2D eigenvalue weighted by atomic mass is 10.1. The molecule has 1 aromatic heterocycles. The van der Waals surface area contributed by atoms with Gasteiger partial charge in [-0.05, 0) is 37.6 Å². The molecule has 22 heavy (non-hydrogen) atoms. The summed E-state index contributed by atoms with van der Waals surface area (Å²) in [7, 11) is 0. The summed E-state index contributed by atoms with van der Waals surface area (Å²) >= 11 is 12.0. The van der Waals surface area contributed by atoms with Crippen molar-refractivity contribution < 1.29 is 14.0 Å². The number of hydrazine groups is 1. The number of hydrogen-bond donors (Lipinski definition) is 2. The Morgan fingerprint density at radius 2 is 1.77 bits per heavy atom. The van der Waals surface area contributed by atoms with Crippen LogP contribution in [0.1, 0.15) is 27.4 Å². The van der Waals surface area contributed by atoms with E-state index in [4.69, 9.17) is 27.6 Å². The first-order valence-corrected chi connectivity index (χ1v) is 7.23. The van der Waals surface area contributed by atoms with Crippen LogP contribution in [0.15, 0.2) is 28.7 Å². The van der Waals surface area contributed by atoms with Crippen molar-refractivity contribution >= 4 is 35.0 Å². The maximum atomic E-state index is 11.9. The minimum atomic E-state index is -0.451. The third-order valence-corrected chi connectivity index (χ3v) is 3.71. The van der Waals surface area contributed by atoms with E-state index in [1.165, 1.54) is 0 Å². The Bertz CT molecular complexity index is 705. The number of nitrogens with one attached hydrogen (secondary N) is 2. The summed E-state index contributed by atoms with van der Waals surface area (Å²) in [6, 6.07) is 6.58. The molecular formula is C15H14Cl2N2O3. The number of hydrogen-bond acceptors (Lipinski definition) is 3. The van der Waals surface area contributed by atoms with Crippen LogP contribution >= 0.6 is 23.2 Å². The van der Waals surface area contributed by atoms with Gasteiger partial charge in [-0.2, -0.15) is 0 Å². The monoisotopic (exact) mass is 340 g/mol. The summed E-state index contributed by atoms with van der Waals surface area (Å²) in [6.07, 6.45) is -0.0395. The van der Waals surface area contributed by atoms with Crippen LogP contribution in [0.4, 0.5) is 0 Å². The Morgan fingerprint density at radius 1 is 1.14 bits per heavy atom. The van der Waals surface area contributed by atoms with Gasteiger partial charge < -0.3 is 4.42 Å². The number of furan rings is 1. The number of halogens is 2. The van der Waals surface area contributed by atoms with Crippen LogP contribution in [-0.4, -0.2) is 11.8 Å². The predicted molar refractivity (Wildman–Crippen MR) is 84.0 cm³/mol. The second-order valence-corrected chi connectivity index (χ2v) is 5.52. The number of benzene rings is 1. The average molecular weight is 341 g/mol. The van der Waals surface area contributed by atoms with Gasteiger partial charge >= 0.3 is 0 Å². The zero-order valence-electron chi connectivity index (χ0n) is 12.0. The SMILES string of the molecule is Cc1cc(C(=O)NNC(=O)Cc2c(Cl)cccc2Cl)c(C)o1. The van der Waals surface area contributed by atoms with Gasteiger partial charge in [0, 0.05) is 10.0 Å². The number of carbonyl (C=O) groups is 2. The lowest BCUT2D eigenvalue weighted by molar-refractivity contribution is -0.121. The highest BCUT2D eigenvalue weighted by molar-refractivity contribution is 6.36. The Labute approximate surface area is 137 Å². The zero-order chi connectivity index (χ0) is 16.3. The van der Waals surface area contributed by atoms with E-state index in [9.17, 15) is 9.59 Å². The molecule has 0 bridgehead atoms. The Balaban J connectivity index is 1.96. The highest BCUT2D eigenvalue weighted by Crippen LogP contribution is 2.24. The summed E-state index contributed by atoms with van der Waals surface area (Å²) in [5.41, 5.74) is 5.53. The van der Waals surface area contributed by atoms with Crippen molar-refractivity contribution in [2.45, 2.75) is 20.3 Å². The molecule has 0 fully saturated rings. The first kappa shape index (κ1) is 16.4. The fourth-order valence-corrected chi connectivity index (χ4v) is 2.49. The van der Waals surface area contributed by atoms with E-state index in [-0.39, 0.29) is 6.42 Å². The summed E-state index contributed by atoms with van der Waals surface area (Å²) in [4.78, 5) is 23.8. The molecule has 5 nitrogen and oxygen atoms in total. The Kier molecular flexibility index (Phi) is 5.11. The molecular weight excluding hydrogens is 327 g/mol. The molecule has 2 aromatic rings. The van der Waals surface area contributed by atoms with Gasteiger partial charge in [-0.3, -0.25) is 20.4 Å². The topological polar surface area (TPSA) is 71.3 Å². The first-order chi connectivity index (χ1) is 10.4. The Hall–Kier alpha value is -1.98. The van der Waals surface area contributed by atoms with Crippen molar-refractivity contribution in [2.24, 2.45) is 0 Å². The van der Waals surface area contributed by atoms with Gasteiger partial charge in [0.25, 0.3) is 5.91 Å². The van der Waals surface area contributed by atoms with Crippen molar-refractivity contribution in [1.82, 2.24) is 10.9 Å². The fourth-order valence-electron chi connectivity index (χ4n) is 1.96. The third kappa shape index (κ3) is 3.81. The minimum Gasteiger partial charge on any atom is -0.466 e. The molecule has 0 saturated heterocycles. The van der Waals surface area contributed by atoms with E-state index in [0.717, 1.165) is 0 Å². The van der Waals surface area contributed by atoms with Crippen LogP contribution in [-0.2, 0) is 11.2 Å². The van der Waals surface area contributed by atoms with E-state index in [2.05, 4.69) is 10.9 Å². The number of amides is 2. The van der Waals surface area contributed by atoms with E-state index < -0.39 is 11.8 Å². The van der Waals surface area contributed by atoms with Crippen LogP contribution in [0.2, 0.25) is 10.0 Å². The summed E-state index contributed by atoms with van der Waals surface area (Å²) in [6.45, 7) is 3.41. The number of carbonyl (C=O) groups excluding carboxylic acids is 2. The second kappa shape index (κ2) is 6.85. The average Bonchev–Trinajstić information content (AvgIpc) is 2.79. The van der Waals surface area contributed by atoms with E-state index >= 15 is 0 Å². The summed E-state index contributed by atoms with van der Waals surface area (Å²) < 4.78 is 5.26. The van der Waals surface area contributed by atoms with E-state index in [1.807, 2.05) is 0 Å². The molecule has 2 rings (SSSR count). The van der Waals surface area contributed by atoms with Crippen molar-refractivity contribution in [1.29, 1.82) is 0 Å². The number of aryl methyl sites for hydroxylation is 2. The normalized spacial score (nSPS) is 10.4. The smallest absolute Gasteiger partial charge is 0.273 e. The largest absolute Gasteiger partial charge is 0.466 e. The highest BCUT2D eigenvalue weighted by Gasteiger charge is 2.15. The molecule has 0 aliphatic rings. The van der Waals surface area contributed by atoms with Crippen molar-refractivity contribution in [3.63, 3.8) is 0 Å². The van der Waals surface area contributed by atoms with E-state index in [1.54, 1.807) is 38.1 Å². The first-order valence-electron chi connectivity index (χ1n) is 6.47. The van der Waals surface area contributed by atoms with Crippen LogP contribution in [0, 0.1) is 13.8 Å². The molecule has 7 heteroatoms. The third-order valence-electron chi connectivity index (χ3n) is 3.00. The minimum absolute atomic E-state index is 0.0395. The van der Waals surface area contributed by atoms with Gasteiger partial charge in [0.15, 0.2) is 0 Å². The van der Waals surface area contributed by atoms with Gasteiger partial charge in [-0.25, -0.2) is 0 Å². The van der Waals surface area contributed by atoms with Crippen molar-refractivity contribution in [2.75, 3.05) is 0 Å². The molecule has 116 valence electrons. The molecule has 0 aliphatic heterocycles. The summed E-state index contributed by atoms with van der Waals surface area (Å²) in [5.74, 6) is 0.226. The van der Waals surface area contributed by atoms with Crippen LogP contribution in [0.5, 0.6) is 0 Å². The summed E-state index contributed by atoms with van der Waals surface area (Å²) in [5, 5.41) is 0.797. The molecule has 2 N–H and O–H groups in total. The zero-order valence-corrected chi connectivity index (χ0v) is 13.5. The molecule has 1 aromatic carbocycles. The van der Waals surface area contributed by atoms with Gasteiger partial charge in [-0.1, -0.05) is 29.3 Å². The van der Waals surface area contributed by atoms with Gasteiger partial charge in [0.1, 0.15) is 11.5 Å². The van der Waals surface area contributed by atoms with Crippen LogP contribution in [0.25, 0.3) is 0 Å². The van der Waals surface area contributed by atoms with Gasteiger partial charge in [-0.15, -0.1) is 0 Å². The molecule has 0 atom stereocenters. The second-order valence-electron chi connectivity index (χ2n) is 4.71. The lowest BCUT2D eigenvalue weighted by Crippen LogP contribution is -2.42. The van der Waals surface area contributed by atoms with Crippen LogP contribution in [0.3, 0.4) is 0 Å². The maximum absolute atomic E-state index is 11.9. The van der Waals surface area contributed by atoms with Crippen LogP contribution < -0.4 is 10.9 Å². The maximum Gasteiger partial charge on any atom is 0.273 e. The molecule has 0 saturated carbocycles. The molecule has 0 unspecified atom stereocenters. The van der Waals surface area contributed by atoms with Gasteiger partial charge in [0.05, 0.1) is 12.0 Å². The highest BCUT2D eigenvalue weighted by atomic mass is 35.5. The number of rotatable bonds is 3. The quantitative estimate of drug-likeness (QED) is 0.842. The molecule has 0 spiro atoms. The Morgan fingerprint density at radius 3 is 2.32 bits per heavy atom. The van der Waals surface area contributed by atoms with Gasteiger partial charge in [0.2, 0.25) is 5.91 Å². The molecule has 1 heterocycles.